The van der Waals surface area contributed by atoms with Crippen LogP contribution in [0, 0.1) is 0 Å². The zero-order chi connectivity index (χ0) is 14.0. The molecular formula is C15H24BrN3. The van der Waals surface area contributed by atoms with E-state index in [0.717, 1.165) is 4.47 Å². The van der Waals surface area contributed by atoms with Crippen LogP contribution in [0.25, 0.3) is 0 Å². The Hall–Kier alpha value is -0.580. The zero-order valence-electron chi connectivity index (χ0n) is 12.1. The van der Waals surface area contributed by atoms with E-state index in [-0.39, 0.29) is 6.04 Å². The fourth-order valence-electron chi connectivity index (χ4n) is 2.79. The highest BCUT2D eigenvalue weighted by Crippen LogP contribution is 2.31. The molecule has 0 aliphatic carbocycles. The van der Waals surface area contributed by atoms with E-state index in [9.17, 15) is 0 Å². The van der Waals surface area contributed by atoms with Crippen molar-refractivity contribution in [2.45, 2.75) is 31.8 Å². The van der Waals surface area contributed by atoms with Gasteiger partial charge < -0.3 is 15.5 Å². The molecule has 0 bridgehead atoms. The van der Waals surface area contributed by atoms with Gasteiger partial charge in [-0.05, 0) is 57.6 Å². The van der Waals surface area contributed by atoms with Crippen LogP contribution in [0.3, 0.4) is 0 Å². The SMILES string of the molecule is CC(N)c1ccc(Br)cc1N(C)C1CCN(C)CC1. The molecule has 2 N–H and O–H groups in total. The molecule has 19 heavy (non-hydrogen) atoms. The second-order valence-corrected chi connectivity index (χ2v) is 6.55. The molecule has 1 heterocycles. The largest absolute Gasteiger partial charge is 0.371 e. The van der Waals surface area contributed by atoms with Crippen LogP contribution in [0.4, 0.5) is 5.69 Å². The number of halogens is 1. The summed E-state index contributed by atoms with van der Waals surface area (Å²) in [5.74, 6) is 0. The van der Waals surface area contributed by atoms with E-state index in [4.69, 9.17) is 5.73 Å². The summed E-state index contributed by atoms with van der Waals surface area (Å²) >= 11 is 3.57. The highest BCUT2D eigenvalue weighted by molar-refractivity contribution is 9.10. The predicted octanol–water partition coefficient (Wildman–Crippen LogP) is 3.00. The fourth-order valence-corrected chi connectivity index (χ4v) is 3.14. The number of nitrogens with two attached hydrogens (primary N) is 1. The van der Waals surface area contributed by atoms with E-state index in [2.05, 4.69) is 64.9 Å². The van der Waals surface area contributed by atoms with E-state index in [0.29, 0.717) is 6.04 Å². The van der Waals surface area contributed by atoms with Gasteiger partial charge in [-0.1, -0.05) is 22.0 Å². The van der Waals surface area contributed by atoms with Crippen molar-refractivity contribution in [3.05, 3.63) is 28.2 Å². The quantitative estimate of drug-likeness (QED) is 0.927. The highest BCUT2D eigenvalue weighted by atomic mass is 79.9. The maximum atomic E-state index is 6.10. The Bertz CT molecular complexity index is 425. The van der Waals surface area contributed by atoms with E-state index >= 15 is 0 Å². The second-order valence-electron chi connectivity index (χ2n) is 5.64. The van der Waals surface area contributed by atoms with Crippen molar-refractivity contribution in [3.8, 4) is 0 Å². The van der Waals surface area contributed by atoms with E-state index in [1.54, 1.807) is 0 Å². The first kappa shape index (κ1) is 14.8. The van der Waals surface area contributed by atoms with Gasteiger partial charge in [0.05, 0.1) is 0 Å². The number of anilines is 1. The summed E-state index contributed by atoms with van der Waals surface area (Å²) in [6, 6.07) is 7.08. The Labute approximate surface area is 124 Å². The molecular weight excluding hydrogens is 302 g/mol. The number of hydrogen-bond donors (Lipinski definition) is 1. The third kappa shape index (κ3) is 3.50. The number of hydrogen-bond acceptors (Lipinski definition) is 3. The van der Waals surface area contributed by atoms with Crippen LogP contribution in [-0.4, -0.2) is 38.1 Å². The monoisotopic (exact) mass is 325 g/mol. The van der Waals surface area contributed by atoms with Crippen molar-refractivity contribution >= 4 is 21.6 Å². The summed E-state index contributed by atoms with van der Waals surface area (Å²) in [5, 5.41) is 0. The van der Waals surface area contributed by atoms with Gasteiger partial charge in [-0.25, -0.2) is 0 Å². The Morgan fingerprint density at radius 3 is 2.58 bits per heavy atom. The van der Waals surface area contributed by atoms with Crippen LogP contribution in [0.2, 0.25) is 0 Å². The minimum Gasteiger partial charge on any atom is -0.371 e. The molecule has 0 radical (unpaired) electrons. The standard InChI is InChI=1S/C15H24BrN3/c1-11(17)14-5-4-12(16)10-15(14)19(3)13-6-8-18(2)9-7-13/h4-5,10-11,13H,6-9,17H2,1-3H3. The van der Waals surface area contributed by atoms with Crippen LogP contribution >= 0.6 is 15.9 Å². The normalized spacial score (nSPS) is 19.4. The Balaban J connectivity index is 2.22. The van der Waals surface area contributed by atoms with Crippen molar-refractivity contribution < 1.29 is 0 Å². The highest BCUT2D eigenvalue weighted by Gasteiger charge is 2.23. The van der Waals surface area contributed by atoms with Gasteiger partial charge in [0, 0.05) is 29.3 Å². The molecule has 1 aliphatic rings. The zero-order valence-corrected chi connectivity index (χ0v) is 13.7. The maximum Gasteiger partial charge on any atom is 0.0425 e. The number of nitrogens with zero attached hydrogens (tertiary/aromatic N) is 2. The second kappa shape index (κ2) is 6.25. The predicted molar refractivity (Wildman–Crippen MR) is 85.7 cm³/mol. The van der Waals surface area contributed by atoms with E-state index in [1.807, 2.05) is 0 Å². The Kier molecular flexibility index (Phi) is 4.87. The molecule has 1 atom stereocenters. The molecule has 0 spiro atoms. The minimum absolute atomic E-state index is 0.0665. The molecule has 106 valence electrons. The van der Waals surface area contributed by atoms with Crippen LogP contribution in [0.5, 0.6) is 0 Å². The smallest absolute Gasteiger partial charge is 0.0425 e. The molecule has 1 saturated heterocycles. The topological polar surface area (TPSA) is 32.5 Å². The van der Waals surface area contributed by atoms with Crippen LogP contribution in [0.1, 0.15) is 31.4 Å². The van der Waals surface area contributed by atoms with Gasteiger partial charge in [0.1, 0.15) is 0 Å². The Morgan fingerprint density at radius 2 is 2.00 bits per heavy atom. The van der Waals surface area contributed by atoms with Crippen LogP contribution in [-0.2, 0) is 0 Å². The van der Waals surface area contributed by atoms with Crippen molar-refractivity contribution in [1.29, 1.82) is 0 Å². The summed E-state index contributed by atoms with van der Waals surface area (Å²) in [6.07, 6.45) is 2.44. The molecule has 1 aliphatic heterocycles. The lowest BCUT2D eigenvalue weighted by molar-refractivity contribution is 0.252. The molecule has 1 aromatic rings. The van der Waals surface area contributed by atoms with Crippen molar-refractivity contribution in [2.24, 2.45) is 5.73 Å². The Morgan fingerprint density at radius 1 is 1.37 bits per heavy atom. The van der Waals surface area contributed by atoms with Gasteiger partial charge in [-0.3, -0.25) is 0 Å². The first-order chi connectivity index (χ1) is 8.99. The lowest BCUT2D eigenvalue weighted by Gasteiger charge is -2.37. The van der Waals surface area contributed by atoms with E-state index < -0.39 is 0 Å². The lowest BCUT2D eigenvalue weighted by atomic mass is 10.0. The van der Waals surface area contributed by atoms with Gasteiger partial charge in [0.25, 0.3) is 0 Å². The van der Waals surface area contributed by atoms with Gasteiger partial charge in [0.2, 0.25) is 0 Å². The number of likely N-dealkylation sites (tertiary alicyclic amines) is 1. The molecule has 1 unspecified atom stereocenters. The fraction of sp³-hybridized carbons (Fsp3) is 0.600. The molecule has 1 aromatic carbocycles. The van der Waals surface area contributed by atoms with Crippen LogP contribution in [0.15, 0.2) is 22.7 Å². The van der Waals surface area contributed by atoms with Gasteiger partial charge in [-0.2, -0.15) is 0 Å². The molecule has 3 nitrogen and oxygen atoms in total. The van der Waals surface area contributed by atoms with Gasteiger partial charge in [-0.15, -0.1) is 0 Å². The number of rotatable bonds is 3. The number of benzene rings is 1. The summed E-state index contributed by atoms with van der Waals surface area (Å²) in [4.78, 5) is 4.81. The van der Waals surface area contributed by atoms with Crippen molar-refractivity contribution in [3.63, 3.8) is 0 Å². The summed E-state index contributed by atoms with van der Waals surface area (Å²) in [7, 11) is 4.40. The minimum atomic E-state index is 0.0665. The maximum absolute atomic E-state index is 6.10. The third-order valence-electron chi connectivity index (χ3n) is 4.10. The average Bonchev–Trinajstić information content (AvgIpc) is 2.38. The summed E-state index contributed by atoms with van der Waals surface area (Å²) in [6.45, 7) is 4.41. The first-order valence-electron chi connectivity index (χ1n) is 6.95. The third-order valence-corrected chi connectivity index (χ3v) is 4.59. The molecule has 0 saturated carbocycles. The molecule has 0 aromatic heterocycles. The summed E-state index contributed by atoms with van der Waals surface area (Å²) in [5.41, 5.74) is 8.59. The van der Waals surface area contributed by atoms with E-state index in [1.165, 1.54) is 37.2 Å². The molecule has 1 fully saturated rings. The molecule has 4 heteroatoms. The first-order valence-corrected chi connectivity index (χ1v) is 7.74. The van der Waals surface area contributed by atoms with Crippen LogP contribution < -0.4 is 10.6 Å². The van der Waals surface area contributed by atoms with Crippen molar-refractivity contribution in [2.75, 3.05) is 32.1 Å². The van der Waals surface area contributed by atoms with Gasteiger partial charge >= 0.3 is 0 Å². The molecule has 0 amide bonds. The molecule has 2 rings (SSSR count). The average molecular weight is 326 g/mol. The number of piperidine rings is 1. The van der Waals surface area contributed by atoms with Gasteiger partial charge in [0.15, 0.2) is 0 Å². The summed E-state index contributed by atoms with van der Waals surface area (Å²) < 4.78 is 1.12. The lowest BCUT2D eigenvalue weighted by Crippen LogP contribution is -2.42. The van der Waals surface area contributed by atoms with Crippen molar-refractivity contribution in [1.82, 2.24) is 4.90 Å².